The molecule has 2 aromatic carbocycles. The molecule has 0 spiro atoms. The van der Waals surface area contributed by atoms with Gasteiger partial charge in [-0.1, -0.05) is 76.2 Å². The zero-order valence-electron chi connectivity index (χ0n) is 44.4. The fraction of sp³-hybridized carbons (Fsp3) is 0.636. The second-order valence-electron chi connectivity index (χ2n) is 21.9. The van der Waals surface area contributed by atoms with Crippen LogP contribution >= 0.6 is 0 Å². The summed E-state index contributed by atoms with van der Waals surface area (Å²) in [7, 11) is 3.32. The highest BCUT2D eigenvalue weighted by Gasteiger charge is 2.46. The zero-order valence-corrected chi connectivity index (χ0v) is 44.4. The summed E-state index contributed by atoms with van der Waals surface area (Å²) < 4.78 is 0. The lowest BCUT2D eigenvalue weighted by Gasteiger charge is -2.36. The van der Waals surface area contributed by atoms with Crippen molar-refractivity contribution in [2.24, 2.45) is 11.3 Å². The number of benzene rings is 2. The van der Waals surface area contributed by atoms with E-state index in [0.29, 0.717) is 19.4 Å². The van der Waals surface area contributed by atoms with Gasteiger partial charge in [-0.3, -0.25) is 38.4 Å². The molecule has 2 aliphatic heterocycles. The molecule has 8 N–H and O–H groups in total. The largest absolute Gasteiger partial charge is 0.356 e. The number of aryl methyl sites for hydroxylation is 2. The molecule has 6 rings (SSSR count). The van der Waals surface area contributed by atoms with Crippen LogP contribution in [0.4, 0.5) is 0 Å². The van der Waals surface area contributed by atoms with Crippen LogP contribution in [0.3, 0.4) is 0 Å². The van der Waals surface area contributed by atoms with Crippen molar-refractivity contribution in [2.45, 2.75) is 179 Å². The van der Waals surface area contributed by atoms with Crippen molar-refractivity contribution in [3.05, 3.63) is 70.8 Å². The summed E-state index contributed by atoms with van der Waals surface area (Å²) in [6.45, 7) is 11.6. The molecule has 0 radical (unpaired) electrons. The van der Waals surface area contributed by atoms with Crippen LogP contribution in [0.5, 0.6) is 0 Å². The maximum Gasteiger partial charge on any atom is 0.246 e. The average Bonchev–Trinajstić information content (AvgIpc) is 3.99. The number of amides is 8. The van der Waals surface area contributed by atoms with Gasteiger partial charge in [-0.15, -0.1) is 0 Å². The first-order valence-electron chi connectivity index (χ1n) is 26.7. The Kier molecular flexibility index (Phi) is 20.0. The van der Waals surface area contributed by atoms with Crippen LogP contribution in [0, 0.1) is 11.3 Å². The number of carbonyl (C=O) groups excluding carboxylic acids is 8. The Morgan fingerprint density at radius 3 is 1.73 bits per heavy atom. The second kappa shape index (κ2) is 25.9. The summed E-state index contributed by atoms with van der Waals surface area (Å²) >= 11 is 0. The second-order valence-corrected chi connectivity index (χ2v) is 21.9. The monoisotopic (exact) mass is 1010 g/mol. The summed E-state index contributed by atoms with van der Waals surface area (Å²) in [6.07, 6.45) is 6.92. The highest BCUT2D eigenvalue weighted by molar-refractivity contribution is 5.95. The van der Waals surface area contributed by atoms with Gasteiger partial charge in [-0.2, -0.15) is 0 Å². The number of fused-ring (bicyclic) bond motifs is 2. The standard InChI is InChI=1S/C55H82N10O8/c1-33-29-44(51(70)60-41-23-13-19-36-17-9-11-21-39(36)41)64(31-33)53(72)43(62-49(68)34(2)56-7)25-16-28-58-46(66)26-15-27-47(67)59-38-30-45(52(71)61-42-24-14-20-37-18-10-12-22-40(37)42)65(32-38)54(73)48(55(4,5)6)63-50(69)35(3)57-8/h9-12,17-18,21-22,33-35,38,41-45,48,56-57H,13-16,19-20,23-32H2,1-8H3,(H,58,66)(H,59,67)(H,60,70)(H,61,71)(H,62,68)(H,63,69)/t33-,34-,35-,38-,41+,42+,43-,44-,45-,48+/m0/s1. The molecular weight excluding hydrogens is 929 g/mol. The van der Waals surface area contributed by atoms with Crippen LogP contribution in [0.15, 0.2) is 48.5 Å². The number of hydrogen-bond acceptors (Lipinski definition) is 10. The minimum Gasteiger partial charge on any atom is -0.356 e. The van der Waals surface area contributed by atoms with E-state index in [4.69, 9.17) is 0 Å². The molecule has 0 aromatic heterocycles. The van der Waals surface area contributed by atoms with Crippen LogP contribution in [0.2, 0.25) is 0 Å². The van der Waals surface area contributed by atoms with Crippen molar-refractivity contribution in [1.29, 1.82) is 0 Å². The van der Waals surface area contributed by atoms with Gasteiger partial charge >= 0.3 is 0 Å². The van der Waals surface area contributed by atoms with Gasteiger partial charge in [0.1, 0.15) is 24.2 Å². The third-order valence-corrected chi connectivity index (χ3v) is 15.2. The number of rotatable bonds is 21. The zero-order chi connectivity index (χ0) is 53.0. The highest BCUT2D eigenvalue weighted by Crippen LogP contribution is 2.33. The average molecular weight is 1010 g/mol. The van der Waals surface area contributed by atoms with E-state index < -0.39 is 53.6 Å². The number of likely N-dealkylation sites (tertiary alicyclic amines) is 2. The molecule has 2 saturated heterocycles. The fourth-order valence-corrected chi connectivity index (χ4v) is 10.7. The van der Waals surface area contributed by atoms with Crippen LogP contribution in [0.1, 0.15) is 147 Å². The Balaban J connectivity index is 1.01. The molecule has 2 aromatic rings. The first kappa shape index (κ1) is 56.4. The smallest absolute Gasteiger partial charge is 0.246 e. The van der Waals surface area contributed by atoms with Crippen LogP contribution in [-0.2, 0) is 51.2 Å². The first-order chi connectivity index (χ1) is 34.8. The molecule has 8 amide bonds. The highest BCUT2D eigenvalue weighted by atomic mass is 16.2. The molecule has 0 bridgehead atoms. The van der Waals surface area contributed by atoms with Crippen LogP contribution in [0.25, 0.3) is 0 Å². The minimum absolute atomic E-state index is 0.0265. The molecule has 73 heavy (non-hydrogen) atoms. The number of nitrogens with one attached hydrogen (secondary N) is 8. The van der Waals surface area contributed by atoms with E-state index >= 15 is 0 Å². The first-order valence-corrected chi connectivity index (χ1v) is 26.7. The van der Waals surface area contributed by atoms with Gasteiger partial charge in [0.2, 0.25) is 47.3 Å². The van der Waals surface area contributed by atoms with E-state index in [1.807, 2.05) is 58.0 Å². The van der Waals surface area contributed by atoms with Crippen molar-refractivity contribution in [3.63, 3.8) is 0 Å². The van der Waals surface area contributed by atoms with E-state index in [0.717, 1.165) is 49.7 Å². The lowest BCUT2D eigenvalue weighted by atomic mass is 9.85. The molecule has 2 aliphatic carbocycles. The molecule has 18 nitrogen and oxygen atoms in total. The molecular formula is C55H82N10O8. The van der Waals surface area contributed by atoms with E-state index in [2.05, 4.69) is 60.7 Å². The van der Waals surface area contributed by atoms with Crippen molar-refractivity contribution >= 4 is 47.3 Å². The van der Waals surface area contributed by atoms with Crippen molar-refractivity contribution in [3.8, 4) is 0 Å². The lowest BCUT2D eigenvalue weighted by molar-refractivity contribution is -0.144. The summed E-state index contributed by atoms with van der Waals surface area (Å²) in [5.74, 6) is -2.49. The number of nitrogens with zero attached hydrogens (tertiary/aromatic N) is 2. The summed E-state index contributed by atoms with van der Waals surface area (Å²) in [5.41, 5.74) is 3.86. The molecule has 2 heterocycles. The number of hydrogen-bond donors (Lipinski definition) is 8. The van der Waals surface area contributed by atoms with E-state index in [9.17, 15) is 38.4 Å². The Hall–Kier alpha value is -5.88. The third kappa shape index (κ3) is 14.9. The van der Waals surface area contributed by atoms with Gasteiger partial charge in [-0.05, 0) is 132 Å². The van der Waals surface area contributed by atoms with Gasteiger partial charge in [0.05, 0.1) is 24.2 Å². The summed E-state index contributed by atoms with van der Waals surface area (Å²) in [6, 6.07) is 10.7. The lowest BCUT2D eigenvalue weighted by Crippen LogP contribution is -2.59. The molecule has 400 valence electrons. The molecule has 10 atom stereocenters. The van der Waals surface area contributed by atoms with Crippen LogP contribution < -0.4 is 42.5 Å². The Bertz CT molecular complexity index is 2300. The molecule has 2 fully saturated rings. The molecule has 4 aliphatic rings. The number of likely N-dealkylation sites (N-methyl/N-ethyl adjacent to an activating group) is 2. The van der Waals surface area contributed by atoms with Gasteiger partial charge in [0, 0.05) is 38.5 Å². The third-order valence-electron chi connectivity index (χ3n) is 15.2. The minimum atomic E-state index is -0.952. The quantitative estimate of drug-likeness (QED) is 0.0852. The predicted molar refractivity (Wildman–Crippen MR) is 278 cm³/mol. The molecule has 0 saturated carbocycles. The van der Waals surface area contributed by atoms with Gasteiger partial charge < -0.3 is 52.3 Å². The SMILES string of the molecule is CN[C@@H](C)C(=O)N[C@@H](CCCNC(=O)CCCC(=O)N[C@H]1C[C@@H](C(=O)N[C@@H]2CCCc3ccccc32)N(C(=O)[C@@H](NC(=O)[C@H](C)NC)C(C)(C)C)C1)C(=O)N1C[C@@H](C)C[C@H]1C(=O)N[C@@H]1CCCc2ccccc21. The number of carbonyl (C=O) groups is 8. The topological polar surface area (TPSA) is 239 Å². The van der Waals surface area contributed by atoms with Gasteiger partial charge in [0.15, 0.2) is 0 Å². The van der Waals surface area contributed by atoms with E-state index in [1.165, 1.54) is 16.0 Å². The normalized spacial score (nSPS) is 23.1. The van der Waals surface area contributed by atoms with Crippen molar-refractivity contribution < 1.29 is 38.4 Å². The maximum atomic E-state index is 14.5. The van der Waals surface area contributed by atoms with E-state index in [1.54, 1.807) is 32.8 Å². The predicted octanol–water partition coefficient (Wildman–Crippen LogP) is 2.99. The molecule has 0 unspecified atom stereocenters. The Morgan fingerprint density at radius 2 is 1.16 bits per heavy atom. The van der Waals surface area contributed by atoms with Gasteiger partial charge in [-0.25, -0.2) is 0 Å². The summed E-state index contributed by atoms with van der Waals surface area (Å²) in [4.78, 5) is 113. The molecule has 18 heteroatoms. The van der Waals surface area contributed by atoms with Crippen LogP contribution in [-0.4, -0.2) is 133 Å². The fourth-order valence-electron chi connectivity index (χ4n) is 10.7. The maximum absolute atomic E-state index is 14.5. The van der Waals surface area contributed by atoms with E-state index in [-0.39, 0.29) is 105 Å². The Morgan fingerprint density at radius 1 is 0.644 bits per heavy atom. The van der Waals surface area contributed by atoms with Crippen molar-refractivity contribution in [1.82, 2.24) is 52.3 Å². The van der Waals surface area contributed by atoms with Crippen molar-refractivity contribution in [2.75, 3.05) is 33.7 Å². The summed E-state index contributed by atoms with van der Waals surface area (Å²) in [5, 5.41) is 24.0. The van der Waals surface area contributed by atoms with Gasteiger partial charge in [0.25, 0.3) is 0 Å². The Labute approximate surface area is 431 Å².